The molecule has 1 atom stereocenters. The van der Waals surface area contributed by atoms with Crippen molar-refractivity contribution >= 4 is 20.9 Å². The number of rotatable bonds is 5. The molecular formula is C18H20N4O4S. The second-order valence-electron chi connectivity index (χ2n) is 6.73. The third-order valence-electron chi connectivity index (χ3n) is 4.84. The van der Waals surface area contributed by atoms with E-state index in [0.717, 1.165) is 5.39 Å². The molecule has 0 bridgehead atoms. The Morgan fingerprint density at radius 1 is 1.30 bits per heavy atom. The minimum atomic E-state index is -3.64. The molecule has 0 saturated carbocycles. The second kappa shape index (κ2) is 6.66. The van der Waals surface area contributed by atoms with Crippen LogP contribution >= 0.6 is 0 Å². The molecule has 1 saturated heterocycles. The van der Waals surface area contributed by atoms with Gasteiger partial charge >= 0.3 is 0 Å². The number of aliphatic hydroxyl groups is 1. The molecule has 0 amide bonds. The standard InChI is InChI=1S/C18H20N4O4S/c1-2-15-20-17(26-21-15)18(23)8-10-22(12-18)27(24,25)11-14-6-3-5-13-7-4-9-19-16(13)14/h3-7,9,23H,2,8,10-12H2,1H3. The van der Waals surface area contributed by atoms with Crippen LogP contribution in [0.1, 0.15) is 30.6 Å². The Kier molecular flexibility index (Phi) is 4.45. The molecule has 0 spiro atoms. The maximum absolute atomic E-state index is 12.9. The largest absolute Gasteiger partial charge is 0.379 e. The normalized spacial score (nSPS) is 21.1. The number of pyridine rings is 1. The highest BCUT2D eigenvalue weighted by molar-refractivity contribution is 7.88. The van der Waals surface area contributed by atoms with E-state index >= 15 is 0 Å². The Bertz CT molecular complexity index is 1080. The van der Waals surface area contributed by atoms with E-state index in [-0.39, 0.29) is 31.2 Å². The number of β-amino-alcohol motifs (C(OH)–C–C–N with tert-alkyl or cyclic N) is 1. The van der Waals surface area contributed by atoms with Crippen molar-refractivity contribution in [2.45, 2.75) is 31.1 Å². The van der Waals surface area contributed by atoms with Crippen molar-refractivity contribution in [3.05, 3.63) is 53.8 Å². The number of hydrogen-bond donors (Lipinski definition) is 1. The summed E-state index contributed by atoms with van der Waals surface area (Å²) in [5, 5.41) is 15.5. The van der Waals surface area contributed by atoms with Crippen molar-refractivity contribution < 1.29 is 18.0 Å². The molecule has 1 fully saturated rings. The van der Waals surface area contributed by atoms with Crippen LogP contribution in [0.15, 0.2) is 41.1 Å². The van der Waals surface area contributed by atoms with Crippen molar-refractivity contribution in [1.29, 1.82) is 0 Å². The molecule has 0 radical (unpaired) electrons. The summed E-state index contributed by atoms with van der Waals surface area (Å²) in [5.74, 6) is 0.382. The molecule has 1 N–H and O–H groups in total. The molecule has 1 unspecified atom stereocenters. The van der Waals surface area contributed by atoms with Crippen molar-refractivity contribution in [3.8, 4) is 0 Å². The van der Waals surface area contributed by atoms with Crippen LogP contribution in [0.2, 0.25) is 0 Å². The smallest absolute Gasteiger partial charge is 0.260 e. The Hall–Kier alpha value is -2.36. The van der Waals surface area contributed by atoms with Crippen molar-refractivity contribution in [2.75, 3.05) is 13.1 Å². The highest BCUT2D eigenvalue weighted by atomic mass is 32.2. The first-order valence-electron chi connectivity index (χ1n) is 8.77. The summed E-state index contributed by atoms with van der Waals surface area (Å²) in [4.78, 5) is 8.48. The second-order valence-corrected chi connectivity index (χ2v) is 8.70. The SMILES string of the molecule is CCc1noc(C2(O)CCN(S(=O)(=O)Cc3cccc4cccnc34)C2)n1. The molecule has 3 aromatic rings. The average molecular weight is 388 g/mol. The fourth-order valence-corrected chi connectivity index (χ4v) is 4.92. The maximum Gasteiger partial charge on any atom is 0.260 e. The molecule has 4 rings (SSSR count). The van der Waals surface area contributed by atoms with Gasteiger partial charge in [0, 0.05) is 31.0 Å². The van der Waals surface area contributed by atoms with Gasteiger partial charge in [0.2, 0.25) is 10.0 Å². The van der Waals surface area contributed by atoms with Gasteiger partial charge in [0.25, 0.3) is 5.89 Å². The van der Waals surface area contributed by atoms with Crippen LogP contribution < -0.4 is 0 Å². The van der Waals surface area contributed by atoms with E-state index in [2.05, 4.69) is 15.1 Å². The first-order valence-corrected chi connectivity index (χ1v) is 10.4. The molecule has 9 heteroatoms. The van der Waals surface area contributed by atoms with E-state index < -0.39 is 15.6 Å². The van der Waals surface area contributed by atoms with Gasteiger partial charge in [-0.2, -0.15) is 9.29 Å². The van der Waals surface area contributed by atoms with E-state index in [1.54, 1.807) is 12.3 Å². The highest BCUT2D eigenvalue weighted by Gasteiger charge is 2.46. The van der Waals surface area contributed by atoms with Crippen molar-refractivity contribution in [3.63, 3.8) is 0 Å². The summed E-state index contributed by atoms with van der Waals surface area (Å²) >= 11 is 0. The predicted molar refractivity (Wildman–Crippen MR) is 98.1 cm³/mol. The minimum absolute atomic E-state index is 0.0730. The predicted octanol–water partition coefficient (Wildman–Crippen LogP) is 1.60. The number of para-hydroxylation sites is 1. The highest BCUT2D eigenvalue weighted by Crippen LogP contribution is 2.33. The fraction of sp³-hybridized carbons (Fsp3) is 0.389. The molecule has 2 aromatic heterocycles. The average Bonchev–Trinajstić information content (AvgIpc) is 3.30. The van der Waals surface area contributed by atoms with Crippen LogP contribution in [0.4, 0.5) is 0 Å². The van der Waals surface area contributed by atoms with E-state index in [1.165, 1.54) is 4.31 Å². The van der Waals surface area contributed by atoms with Crippen LogP contribution in [-0.4, -0.2) is 46.0 Å². The summed E-state index contributed by atoms with van der Waals surface area (Å²) in [6, 6.07) is 9.19. The number of aryl methyl sites for hydroxylation is 1. The van der Waals surface area contributed by atoms with Gasteiger partial charge in [0.15, 0.2) is 11.4 Å². The molecule has 1 aliphatic heterocycles. The Morgan fingerprint density at radius 2 is 2.11 bits per heavy atom. The van der Waals surface area contributed by atoms with Gasteiger partial charge in [-0.15, -0.1) is 0 Å². The van der Waals surface area contributed by atoms with Gasteiger partial charge in [-0.1, -0.05) is 36.3 Å². The van der Waals surface area contributed by atoms with E-state index in [0.29, 0.717) is 23.3 Å². The first-order chi connectivity index (χ1) is 12.9. The van der Waals surface area contributed by atoms with E-state index in [4.69, 9.17) is 4.52 Å². The molecule has 1 aliphatic rings. The molecular weight excluding hydrogens is 368 g/mol. The lowest BCUT2D eigenvalue weighted by Crippen LogP contribution is -2.35. The summed E-state index contributed by atoms with van der Waals surface area (Å²) in [6.07, 6.45) is 2.44. The maximum atomic E-state index is 12.9. The van der Waals surface area contributed by atoms with Crippen LogP contribution in [0.5, 0.6) is 0 Å². The lowest BCUT2D eigenvalue weighted by atomic mass is 10.0. The molecule has 8 nitrogen and oxygen atoms in total. The van der Waals surface area contributed by atoms with Gasteiger partial charge < -0.3 is 9.63 Å². The molecule has 0 aliphatic carbocycles. The molecule has 3 heterocycles. The van der Waals surface area contributed by atoms with E-state index in [1.807, 2.05) is 31.2 Å². The zero-order chi connectivity index (χ0) is 19.1. The number of nitrogens with zero attached hydrogens (tertiary/aromatic N) is 4. The number of sulfonamides is 1. The third kappa shape index (κ3) is 3.33. The van der Waals surface area contributed by atoms with Crippen molar-refractivity contribution in [1.82, 2.24) is 19.4 Å². The minimum Gasteiger partial charge on any atom is -0.379 e. The van der Waals surface area contributed by atoms with Gasteiger partial charge in [0.05, 0.1) is 17.8 Å². The zero-order valence-corrected chi connectivity index (χ0v) is 15.7. The summed E-state index contributed by atoms with van der Waals surface area (Å²) in [5.41, 5.74) is -0.151. The molecule has 1 aromatic carbocycles. The van der Waals surface area contributed by atoms with Crippen LogP contribution in [0, 0.1) is 0 Å². The topological polar surface area (TPSA) is 109 Å². The van der Waals surface area contributed by atoms with Crippen LogP contribution in [0.3, 0.4) is 0 Å². The van der Waals surface area contributed by atoms with Crippen LogP contribution in [-0.2, 0) is 27.8 Å². The van der Waals surface area contributed by atoms with Gasteiger partial charge in [-0.3, -0.25) is 4.98 Å². The summed E-state index contributed by atoms with van der Waals surface area (Å²) in [6.45, 7) is 1.97. The first kappa shape index (κ1) is 18.0. The van der Waals surface area contributed by atoms with Gasteiger partial charge in [0.1, 0.15) is 0 Å². The van der Waals surface area contributed by atoms with Gasteiger partial charge in [-0.05, 0) is 11.6 Å². The number of hydrogen-bond acceptors (Lipinski definition) is 7. The van der Waals surface area contributed by atoms with E-state index in [9.17, 15) is 13.5 Å². The Labute approximate surface area is 156 Å². The quantitative estimate of drug-likeness (QED) is 0.707. The monoisotopic (exact) mass is 388 g/mol. The number of fused-ring (bicyclic) bond motifs is 1. The number of aromatic nitrogens is 3. The lowest BCUT2D eigenvalue weighted by Gasteiger charge is -2.20. The van der Waals surface area contributed by atoms with Crippen LogP contribution in [0.25, 0.3) is 10.9 Å². The Balaban J connectivity index is 1.58. The fourth-order valence-electron chi connectivity index (χ4n) is 3.33. The summed E-state index contributed by atoms with van der Waals surface area (Å²) in [7, 11) is -3.64. The Morgan fingerprint density at radius 3 is 2.89 bits per heavy atom. The number of benzene rings is 1. The van der Waals surface area contributed by atoms with Gasteiger partial charge in [-0.25, -0.2) is 8.42 Å². The molecule has 27 heavy (non-hydrogen) atoms. The third-order valence-corrected chi connectivity index (χ3v) is 6.62. The summed E-state index contributed by atoms with van der Waals surface area (Å²) < 4.78 is 32.3. The van der Waals surface area contributed by atoms with Crippen molar-refractivity contribution in [2.24, 2.45) is 0 Å². The molecule has 142 valence electrons. The lowest BCUT2D eigenvalue weighted by molar-refractivity contribution is 0.0194. The zero-order valence-electron chi connectivity index (χ0n) is 14.9.